The molecule has 0 aliphatic rings. The molecule has 0 saturated heterocycles. The van der Waals surface area contributed by atoms with E-state index < -0.39 is 0 Å². The van der Waals surface area contributed by atoms with Crippen molar-refractivity contribution in [1.82, 2.24) is 15.3 Å². The Balaban J connectivity index is 1.43. The lowest BCUT2D eigenvalue weighted by Gasteiger charge is -2.10. The number of nitrogens with zero attached hydrogens (tertiary/aromatic N) is 2. The Hall–Kier alpha value is -3.51. The first-order chi connectivity index (χ1) is 14.6. The lowest BCUT2D eigenvalue weighted by Crippen LogP contribution is -2.26. The third kappa shape index (κ3) is 3.15. The van der Waals surface area contributed by atoms with Crippen LogP contribution in [0.25, 0.3) is 33.0 Å². The molecule has 6 heteroatoms. The van der Waals surface area contributed by atoms with Gasteiger partial charge < -0.3 is 9.73 Å². The van der Waals surface area contributed by atoms with Gasteiger partial charge in [0, 0.05) is 39.7 Å². The van der Waals surface area contributed by atoms with Gasteiger partial charge in [0.1, 0.15) is 10.6 Å². The van der Waals surface area contributed by atoms with E-state index in [4.69, 9.17) is 4.42 Å². The van der Waals surface area contributed by atoms with Crippen LogP contribution in [0.15, 0.2) is 70.7 Å². The van der Waals surface area contributed by atoms with Crippen molar-refractivity contribution in [3.63, 3.8) is 0 Å². The van der Waals surface area contributed by atoms with Gasteiger partial charge in [-0.1, -0.05) is 36.4 Å². The summed E-state index contributed by atoms with van der Waals surface area (Å²) < 4.78 is 6.05. The molecule has 5 rings (SSSR count). The molecule has 3 heterocycles. The maximum absolute atomic E-state index is 13.0. The summed E-state index contributed by atoms with van der Waals surface area (Å²) >= 11 is 1.52. The number of carbonyl (C=O) groups is 1. The number of aromatic nitrogens is 2. The first-order valence-corrected chi connectivity index (χ1v) is 10.6. The van der Waals surface area contributed by atoms with Crippen LogP contribution in [0.3, 0.4) is 0 Å². The summed E-state index contributed by atoms with van der Waals surface area (Å²) in [6, 6.07) is 15.7. The highest BCUT2D eigenvalue weighted by atomic mass is 32.1. The standard InChI is InChI=1S/C24H19N3O2S/c1-14-18-8-7-16-5-3-4-6-19(16)22(18)29-21(14)23(28)26-15(2)24-27-20(13-30-24)17-9-11-25-12-10-17/h3-13,15H,1-2H3,(H,26,28). The van der Waals surface area contributed by atoms with Gasteiger partial charge >= 0.3 is 0 Å². The quantitative estimate of drug-likeness (QED) is 0.398. The number of thiazole rings is 1. The van der Waals surface area contributed by atoms with Crippen molar-refractivity contribution >= 4 is 39.0 Å². The van der Waals surface area contributed by atoms with Gasteiger partial charge in [-0.25, -0.2) is 4.98 Å². The Bertz CT molecular complexity index is 1370. The normalized spacial score (nSPS) is 12.3. The number of rotatable bonds is 4. The van der Waals surface area contributed by atoms with Crippen LogP contribution in [-0.4, -0.2) is 15.9 Å². The zero-order valence-corrected chi connectivity index (χ0v) is 17.4. The number of furan rings is 1. The van der Waals surface area contributed by atoms with Crippen LogP contribution in [0.4, 0.5) is 0 Å². The molecule has 0 fully saturated rings. The molecule has 0 aliphatic heterocycles. The zero-order chi connectivity index (χ0) is 20.7. The van der Waals surface area contributed by atoms with Gasteiger partial charge in [-0.15, -0.1) is 11.3 Å². The molecule has 0 radical (unpaired) electrons. The topological polar surface area (TPSA) is 68.0 Å². The Morgan fingerprint density at radius 1 is 1.07 bits per heavy atom. The van der Waals surface area contributed by atoms with E-state index in [0.29, 0.717) is 5.76 Å². The van der Waals surface area contributed by atoms with E-state index in [1.165, 1.54) is 11.3 Å². The van der Waals surface area contributed by atoms with Crippen LogP contribution in [0, 0.1) is 6.92 Å². The number of benzene rings is 2. The highest BCUT2D eigenvalue weighted by Gasteiger charge is 2.22. The number of pyridine rings is 1. The van der Waals surface area contributed by atoms with Crippen molar-refractivity contribution in [3.8, 4) is 11.3 Å². The second kappa shape index (κ2) is 7.39. The van der Waals surface area contributed by atoms with Gasteiger partial charge in [0.15, 0.2) is 5.76 Å². The molecule has 0 spiro atoms. The van der Waals surface area contributed by atoms with Gasteiger partial charge in [0.05, 0.1) is 11.7 Å². The Kier molecular flexibility index (Phi) is 4.56. The van der Waals surface area contributed by atoms with Crippen molar-refractivity contribution in [2.75, 3.05) is 0 Å². The Labute approximate surface area is 177 Å². The van der Waals surface area contributed by atoms with Crippen molar-refractivity contribution in [2.24, 2.45) is 0 Å². The molecule has 1 amide bonds. The highest BCUT2D eigenvalue weighted by molar-refractivity contribution is 7.10. The summed E-state index contributed by atoms with van der Waals surface area (Å²) in [4.78, 5) is 21.7. The first kappa shape index (κ1) is 18.5. The van der Waals surface area contributed by atoms with E-state index in [1.807, 2.05) is 61.7 Å². The van der Waals surface area contributed by atoms with Gasteiger partial charge in [-0.05, 0) is 31.4 Å². The van der Waals surface area contributed by atoms with Crippen LogP contribution in [0.2, 0.25) is 0 Å². The minimum absolute atomic E-state index is 0.234. The fourth-order valence-corrected chi connectivity index (χ4v) is 4.47. The summed E-state index contributed by atoms with van der Waals surface area (Å²) in [5, 5.41) is 8.92. The van der Waals surface area contributed by atoms with E-state index in [2.05, 4.69) is 21.4 Å². The molecule has 3 aromatic heterocycles. The zero-order valence-electron chi connectivity index (χ0n) is 16.5. The summed E-state index contributed by atoms with van der Waals surface area (Å²) in [5.74, 6) is 0.111. The van der Waals surface area contributed by atoms with Crippen molar-refractivity contribution in [3.05, 3.63) is 82.6 Å². The maximum Gasteiger partial charge on any atom is 0.287 e. The smallest absolute Gasteiger partial charge is 0.287 e. The summed E-state index contributed by atoms with van der Waals surface area (Å²) in [6.07, 6.45) is 3.49. The predicted octanol–water partition coefficient (Wildman–Crippen LogP) is 5.90. The van der Waals surface area contributed by atoms with Gasteiger partial charge in [-0.3, -0.25) is 9.78 Å². The monoisotopic (exact) mass is 413 g/mol. The molecule has 5 nitrogen and oxygen atoms in total. The van der Waals surface area contributed by atoms with E-state index in [-0.39, 0.29) is 11.9 Å². The SMILES string of the molecule is Cc1c(C(=O)NC(C)c2nc(-c3ccncc3)cs2)oc2c1ccc1ccccc12. The van der Waals surface area contributed by atoms with E-state index >= 15 is 0 Å². The molecule has 5 aromatic rings. The number of amides is 1. The Morgan fingerprint density at radius 2 is 1.87 bits per heavy atom. The average molecular weight is 414 g/mol. The lowest BCUT2D eigenvalue weighted by atomic mass is 10.1. The summed E-state index contributed by atoms with van der Waals surface area (Å²) in [6.45, 7) is 3.85. The van der Waals surface area contributed by atoms with Crippen LogP contribution < -0.4 is 5.32 Å². The van der Waals surface area contributed by atoms with Crippen molar-refractivity contribution in [2.45, 2.75) is 19.9 Å². The minimum atomic E-state index is -0.235. The summed E-state index contributed by atoms with van der Waals surface area (Å²) in [7, 11) is 0. The fraction of sp³-hybridized carbons (Fsp3) is 0.125. The molecule has 2 aromatic carbocycles. The molecule has 0 saturated carbocycles. The molecule has 148 valence electrons. The summed E-state index contributed by atoms with van der Waals surface area (Å²) in [5.41, 5.74) is 3.48. The van der Waals surface area contributed by atoms with Crippen LogP contribution >= 0.6 is 11.3 Å². The maximum atomic E-state index is 13.0. The molecular formula is C24H19N3O2S. The number of hydrogen-bond donors (Lipinski definition) is 1. The van der Waals surface area contributed by atoms with Gasteiger partial charge in [0.25, 0.3) is 5.91 Å². The lowest BCUT2D eigenvalue weighted by molar-refractivity contribution is 0.0913. The van der Waals surface area contributed by atoms with Gasteiger partial charge in [0.2, 0.25) is 0 Å². The average Bonchev–Trinajstić information content (AvgIpc) is 3.40. The third-order valence-corrected chi connectivity index (χ3v) is 6.28. The minimum Gasteiger partial charge on any atom is -0.450 e. The molecule has 1 unspecified atom stereocenters. The van der Waals surface area contributed by atoms with E-state index in [0.717, 1.165) is 43.6 Å². The predicted molar refractivity (Wildman–Crippen MR) is 120 cm³/mol. The Morgan fingerprint density at radius 3 is 2.70 bits per heavy atom. The fourth-order valence-electron chi connectivity index (χ4n) is 3.63. The highest BCUT2D eigenvalue weighted by Crippen LogP contribution is 2.32. The van der Waals surface area contributed by atoms with Crippen LogP contribution in [0.1, 0.15) is 34.1 Å². The second-order valence-electron chi connectivity index (χ2n) is 7.22. The van der Waals surface area contributed by atoms with Crippen LogP contribution in [-0.2, 0) is 0 Å². The van der Waals surface area contributed by atoms with E-state index in [9.17, 15) is 4.79 Å². The number of nitrogens with one attached hydrogen (secondary N) is 1. The number of fused-ring (bicyclic) bond motifs is 3. The molecule has 0 bridgehead atoms. The largest absolute Gasteiger partial charge is 0.450 e. The third-order valence-electron chi connectivity index (χ3n) is 5.25. The van der Waals surface area contributed by atoms with Gasteiger partial charge in [-0.2, -0.15) is 0 Å². The van der Waals surface area contributed by atoms with Crippen LogP contribution in [0.5, 0.6) is 0 Å². The van der Waals surface area contributed by atoms with Crippen molar-refractivity contribution in [1.29, 1.82) is 0 Å². The second-order valence-corrected chi connectivity index (χ2v) is 8.11. The molecular weight excluding hydrogens is 394 g/mol. The van der Waals surface area contributed by atoms with Crippen molar-refractivity contribution < 1.29 is 9.21 Å². The molecule has 1 N–H and O–H groups in total. The molecule has 0 aliphatic carbocycles. The number of carbonyl (C=O) groups excluding carboxylic acids is 1. The molecule has 1 atom stereocenters. The number of hydrogen-bond acceptors (Lipinski definition) is 5. The first-order valence-electron chi connectivity index (χ1n) is 9.69. The van der Waals surface area contributed by atoms with E-state index in [1.54, 1.807) is 12.4 Å². The molecule has 30 heavy (non-hydrogen) atoms. The number of aryl methyl sites for hydroxylation is 1.